The Hall–Kier alpha value is -2.09. The molecule has 0 unspecified atom stereocenters. The van der Waals surface area contributed by atoms with Gasteiger partial charge in [-0.15, -0.1) is 0 Å². The Morgan fingerprint density at radius 3 is 2.50 bits per heavy atom. The zero-order chi connectivity index (χ0) is 14.5. The van der Waals surface area contributed by atoms with Gasteiger partial charge in [0.2, 0.25) is 0 Å². The largest absolute Gasteiger partial charge is 0.377 e. The Kier molecular flexibility index (Phi) is 4.57. The van der Waals surface area contributed by atoms with Crippen molar-refractivity contribution in [2.24, 2.45) is 0 Å². The average molecular weight is 267 g/mol. The van der Waals surface area contributed by atoms with Crippen LogP contribution in [0, 0.1) is 0 Å². The maximum atomic E-state index is 11.1. The molecule has 0 radical (unpaired) electrons. The molecular formula is C18H21NO. The Bertz CT molecular complexity index is 602. The second kappa shape index (κ2) is 6.38. The molecule has 0 aliphatic rings. The minimum Gasteiger partial charge on any atom is -0.377 e. The van der Waals surface area contributed by atoms with E-state index in [0.29, 0.717) is 6.42 Å². The lowest BCUT2D eigenvalue weighted by Gasteiger charge is -2.17. The quantitative estimate of drug-likeness (QED) is 0.817. The number of anilines is 1. The summed E-state index contributed by atoms with van der Waals surface area (Å²) in [7, 11) is 4.11. The molecule has 104 valence electrons. The number of para-hydroxylation sites is 1. The fourth-order valence-corrected chi connectivity index (χ4v) is 2.32. The van der Waals surface area contributed by atoms with E-state index < -0.39 is 0 Å². The van der Waals surface area contributed by atoms with Crippen molar-refractivity contribution in [3.8, 4) is 11.1 Å². The van der Waals surface area contributed by atoms with E-state index in [-0.39, 0.29) is 5.78 Å². The summed E-state index contributed by atoms with van der Waals surface area (Å²) in [5, 5.41) is 0. The number of ketones is 1. The van der Waals surface area contributed by atoms with Gasteiger partial charge in [0, 0.05) is 31.8 Å². The topological polar surface area (TPSA) is 20.3 Å². The van der Waals surface area contributed by atoms with Crippen LogP contribution in [-0.2, 0) is 11.2 Å². The van der Waals surface area contributed by atoms with Crippen molar-refractivity contribution < 1.29 is 4.79 Å². The molecule has 0 spiro atoms. The van der Waals surface area contributed by atoms with Crippen LogP contribution in [0.3, 0.4) is 0 Å². The van der Waals surface area contributed by atoms with Crippen LogP contribution in [0.15, 0.2) is 48.5 Å². The number of aryl methyl sites for hydroxylation is 1. The molecule has 20 heavy (non-hydrogen) atoms. The van der Waals surface area contributed by atoms with Crippen molar-refractivity contribution in [2.45, 2.75) is 19.8 Å². The van der Waals surface area contributed by atoms with Gasteiger partial charge in [0.1, 0.15) is 5.78 Å². The second-order valence-corrected chi connectivity index (χ2v) is 5.31. The van der Waals surface area contributed by atoms with Gasteiger partial charge >= 0.3 is 0 Å². The molecule has 0 amide bonds. The third-order valence-corrected chi connectivity index (χ3v) is 3.39. The van der Waals surface area contributed by atoms with Crippen molar-refractivity contribution in [3.63, 3.8) is 0 Å². The first-order chi connectivity index (χ1) is 9.58. The molecular weight excluding hydrogens is 246 g/mol. The first-order valence-corrected chi connectivity index (χ1v) is 6.93. The molecule has 0 heterocycles. The second-order valence-electron chi connectivity index (χ2n) is 5.31. The maximum Gasteiger partial charge on any atom is 0.130 e. The molecule has 2 nitrogen and oxygen atoms in total. The molecule has 0 aliphatic heterocycles. The first-order valence-electron chi connectivity index (χ1n) is 6.93. The number of rotatable bonds is 5. The smallest absolute Gasteiger partial charge is 0.130 e. The summed E-state index contributed by atoms with van der Waals surface area (Å²) >= 11 is 0. The molecule has 0 aliphatic carbocycles. The van der Waals surface area contributed by atoms with Crippen molar-refractivity contribution >= 4 is 11.5 Å². The highest BCUT2D eigenvalue weighted by Crippen LogP contribution is 2.30. The molecule has 0 saturated heterocycles. The van der Waals surface area contributed by atoms with Crippen molar-refractivity contribution in [2.75, 3.05) is 19.0 Å². The highest BCUT2D eigenvalue weighted by Gasteiger charge is 2.07. The van der Waals surface area contributed by atoms with E-state index in [2.05, 4.69) is 67.5 Å². The Morgan fingerprint density at radius 2 is 1.80 bits per heavy atom. The molecule has 0 saturated carbocycles. The van der Waals surface area contributed by atoms with Gasteiger partial charge in [0.05, 0.1) is 0 Å². The van der Waals surface area contributed by atoms with Crippen LogP contribution in [0.2, 0.25) is 0 Å². The number of Topliss-reactive ketones (excluding diaryl/α,β-unsaturated/α-hetero) is 1. The van der Waals surface area contributed by atoms with Crippen LogP contribution >= 0.6 is 0 Å². The normalized spacial score (nSPS) is 10.3. The predicted molar refractivity (Wildman–Crippen MR) is 85.2 cm³/mol. The summed E-state index contributed by atoms with van der Waals surface area (Å²) in [6.07, 6.45) is 1.42. The van der Waals surface area contributed by atoms with Crippen molar-refractivity contribution in [1.29, 1.82) is 0 Å². The van der Waals surface area contributed by atoms with Crippen LogP contribution in [0.5, 0.6) is 0 Å². The summed E-state index contributed by atoms with van der Waals surface area (Å²) in [6, 6.07) is 16.8. The third kappa shape index (κ3) is 3.47. The minimum absolute atomic E-state index is 0.240. The third-order valence-electron chi connectivity index (χ3n) is 3.39. The van der Waals surface area contributed by atoms with Gasteiger partial charge < -0.3 is 9.69 Å². The summed E-state index contributed by atoms with van der Waals surface area (Å²) in [5.41, 5.74) is 4.85. The fraction of sp³-hybridized carbons (Fsp3) is 0.278. The predicted octanol–water partition coefficient (Wildman–Crippen LogP) is 3.94. The van der Waals surface area contributed by atoms with Crippen LogP contribution in [0.25, 0.3) is 11.1 Å². The standard InChI is InChI=1S/C18H21NO/c1-14(20)11-12-15-7-6-8-16(13-15)17-9-4-5-10-18(17)19(2)3/h4-10,13H,11-12H2,1-3H3. The van der Waals surface area contributed by atoms with E-state index in [9.17, 15) is 4.79 Å². The van der Waals surface area contributed by atoms with E-state index in [1.54, 1.807) is 6.92 Å². The monoisotopic (exact) mass is 267 g/mol. The molecule has 2 heteroatoms. The Morgan fingerprint density at radius 1 is 1.05 bits per heavy atom. The van der Waals surface area contributed by atoms with Crippen LogP contribution < -0.4 is 4.90 Å². The van der Waals surface area contributed by atoms with Crippen LogP contribution in [-0.4, -0.2) is 19.9 Å². The van der Waals surface area contributed by atoms with E-state index >= 15 is 0 Å². The van der Waals surface area contributed by atoms with Crippen molar-refractivity contribution in [1.82, 2.24) is 0 Å². The van der Waals surface area contributed by atoms with E-state index in [4.69, 9.17) is 0 Å². The van der Waals surface area contributed by atoms with Gasteiger partial charge in [-0.3, -0.25) is 0 Å². The van der Waals surface area contributed by atoms with E-state index in [1.807, 2.05) is 0 Å². The first kappa shape index (κ1) is 14.3. The summed E-state index contributed by atoms with van der Waals surface area (Å²) in [5.74, 6) is 0.240. The summed E-state index contributed by atoms with van der Waals surface area (Å²) in [6.45, 7) is 1.64. The van der Waals surface area contributed by atoms with Gasteiger partial charge in [0.15, 0.2) is 0 Å². The molecule has 0 bridgehead atoms. The highest BCUT2D eigenvalue weighted by molar-refractivity contribution is 5.79. The van der Waals surface area contributed by atoms with Crippen LogP contribution in [0.4, 0.5) is 5.69 Å². The average Bonchev–Trinajstić information content (AvgIpc) is 2.45. The Labute approximate surface area is 121 Å². The number of benzene rings is 2. The SMILES string of the molecule is CC(=O)CCc1cccc(-c2ccccc2N(C)C)c1. The van der Waals surface area contributed by atoms with Crippen LogP contribution in [0.1, 0.15) is 18.9 Å². The van der Waals surface area contributed by atoms with Gasteiger partial charge in [-0.1, -0.05) is 42.5 Å². The lowest BCUT2D eigenvalue weighted by Crippen LogP contribution is -2.09. The minimum atomic E-state index is 0.240. The Balaban J connectivity index is 2.33. The lowest BCUT2D eigenvalue weighted by molar-refractivity contribution is -0.116. The summed E-state index contributed by atoms with van der Waals surface area (Å²) in [4.78, 5) is 13.2. The molecule has 2 aromatic rings. The lowest BCUT2D eigenvalue weighted by atomic mass is 9.99. The molecule has 0 aromatic heterocycles. The number of carbonyl (C=O) groups excluding carboxylic acids is 1. The summed E-state index contributed by atoms with van der Waals surface area (Å²) < 4.78 is 0. The molecule has 2 rings (SSSR count). The zero-order valence-corrected chi connectivity index (χ0v) is 12.4. The molecule has 0 atom stereocenters. The van der Waals surface area contributed by atoms with Gasteiger partial charge in [-0.2, -0.15) is 0 Å². The van der Waals surface area contributed by atoms with Gasteiger partial charge in [-0.05, 0) is 30.5 Å². The fourth-order valence-electron chi connectivity index (χ4n) is 2.32. The number of hydrogen-bond donors (Lipinski definition) is 0. The van der Waals surface area contributed by atoms with Gasteiger partial charge in [-0.25, -0.2) is 0 Å². The van der Waals surface area contributed by atoms with E-state index in [0.717, 1.165) is 6.42 Å². The molecule has 2 aromatic carbocycles. The number of carbonyl (C=O) groups is 1. The highest BCUT2D eigenvalue weighted by atomic mass is 16.1. The van der Waals surface area contributed by atoms with E-state index in [1.165, 1.54) is 22.4 Å². The molecule has 0 N–H and O–H groups in total. The van der Waals surface area contributed by atoms with Gasteiger partial charge in [0.25, 0.3) is 0 Å². The van der Waals surface area contributed by atoms with Crippen molar-refractivity contribution in [3.05, 3.63) is 54.1 Å². The zero-order valence-electron chi connectivity index (χ0n) is 12.4. The maximum absolute atomic E-state index is 11.1. The number of nitrogens with zero attached hydrogens (tertiary/aromatic N) is 1. The number of hydrogen-bond acceptors (Lipinski definition) is 2. The molecule has 0 fully saturated rings.